The topological polar surface area (TPSA) is 62.6 Å². The molecule has 4 atom stereocenters. The van der Waals surface area contributed by atoms with E-state index >= 15 is 0 Å². The number of imide groups is 1. The third kappa shape index (κ3) is 1.81. The molecule has 20 heavy (non-hydrogen) atoms. The van der Waals surface area contributed by atoms with Gasteiger partial charge in [0.05, 0.1) is 13.6 Å². The van der Waals surface area contributed by atoms with Gasteiger partial charge in [0.1, 0.15) is 11.6 Å². The van der Waals surface area contributed by atoms with Gasteiger partial charge in [-0.05, 0) is 0 Å². The second-order valence-corrected chi connectivity index (χ2v) is 5.90. The average molecular weight is 274 g/mol. The van der Waals surface area contributed by atoms with Crippen LogP contribution in [-0.4, -0.2) is 31.1 Å². The molecule has 5 nitrogen and oxygen atoms in total. The smallest absolute Gasteiger partial charge is 0.322 e. The number of carbonyl (C=O) groups excluding carboxylic acids is 2. The molecule has 3 amide bonds. The van der Waals surface area contributed by atoms with Crippen LogP contribution < -0.4 is 15.5 Å². The van der Waals surface area contributed by atoms with Crippen LogP contribution in [-0.2, 0) is 4.79 Å². The molecule has 2 heterocycles. The lowest BCUT2D eigenvalue weighted by atomic mass is 9.72. The first-order valence-corrected chi connectivity index (χ1v) is 7.05. The number of hydrogen-bond acceptors (Lipinski definition) is 2. The number of nitrogens with one attached hydrogen (secondary N) is 3. The molecule has 2 fully saturated rings. The Bertz CT molecular complexity index is 545. The molecule has 0 aliphatic carbocycles. The van der Waals surface area contributed by atoms with Gasteiger partial charge in [0.2, 0.25) is 0 Å². The highest BCUT2D eigenvalue weighted by atomic mass is 16.2. The molecule has 0 aromatic heterocycles. The Balaban J connectivity index is 1.99. The van der Waals surface area contributed by atoms with Gasteiger partial charge >= 0.3 is 6.03 Å². The zero-order valence-electron chi connectivity index (χ0n) is 11.8. The lowest BCUT2D eigenvalue weighted by Crippen LogP contribution is -3.12. The summed E-state index contributed by atoms with van der Waals surface area (Å²) in [6.07, 6.45) is 0.681. The van der Waals surface area contributed by atoms with Crippen molar-refractivity contribution in [3.63, 3.8) is 0 Å². The molecule has 3 rings (SSSR count). The highest BCUT2D eigenvalue weighted by molar-refractivity contribution is 6.07. The fourth-order valence-electron chi connectivity index (χ4n) is 3.72. The summed E-state index contributed by atoms with van der Waals surface area (Å²) < 4.78 is 0. The Hall–Kier alpha value is -1.88. The number of carbonyl (C=O) groups is 2. The van der Waals surface area contributed by atoms with Crippen LogP contribution in [0.5, 0.6) is 0 Å². The van der Waals surface area contributed by atoms with E-state index in [0.717, 1.165) is 6.54 Å². The molecule has 3 N–H and O–H groups in total. The molecular formula is C15H20N3O2+. The van der Waals surface area contributed by atoms with E-state index in [1.807, 2.05) is 18.2 Å². The molecule has 0 bridgehead atoms. The van der Waals surface area contributed by atoms with Gasteiger partial charge in [-0.25, -0.2) is 4.79 Å². The minimum Gasteiger partial charge on any atom is -0.331 e. The number of benzene rings is 1. The maximum Gasteiger partial charge on any atom is 0.322 e. The van der Waals surface area contributed by atoms with E-state index in [4.69, 9.17) is 0 Å². The van der Waals surface area contributed by atoms with Gasteiger partial charge in [-0.1, -0.05) is 37.3 Å². The number of likely N-dealkylation sites (tertiary alicyclic amines) is 1. The summed E-state index contributed by atoms with van der Waals surface area (Å²) >= 11 is 0. The van der Waals surface area contributed by atoms with Gasteiger partial charge in [0.15, 0.2) is 0 Å². The van der Waals surface area contributed by atoms with Crippen LogP contribution >= 0.6 is 0 Å². The molecule has 2 aliphatic rings. The van der Waals surface area contributed by atoms with Crippen molar-refractivity contribution in [1.29, 1.82) is 0 Å². The van der Waals surface area contributed by atoms with Crippen molar-refractivity contribution >= 4 is 11.9 Å². The molecule has 2 aliphatic heterocycles. The number of amides is 3. The lowest BCUT2D eigenvalue weighted by Gasteiger charge is -2.44. The number of urea groups is 1. The summed E-state index contributed by atoms with van der Waals surface area (Å²) in [6, 6.07) is 10.1. The van der Waals surface area contributed by atoms with Gasteiger partial charge in [0, 0.05) is 17.9 Å². The van der Waals surface area contributed by atoms with Crippen LogP contribution in [0.3, 0.4) is 0 Å². The number of piperidine rings is 1. The van der Waals surface area contributed by atoms with E-state index in [1.54, 1.807) is 0 Å². The molecule has 1 aromatic carbocycles. The normalized spacial score (nSPS) is 36.8. The van der Waals surface area contributed by atoms with Crippen LogP contribution in [0.1, 0.15) is 24.9 Å². The molecule has 1 spiro atoms. The summed E-state index contributed by atoms with van der Waals surface area (Å²) in [5.74, 6) is -0.131. The zero-order valence-corrected chi connectivity index (χ0v) is 11.8. The maximum atomic E-state index is 12.3. The molecule has 1 aromatic rings. The Morgan fingerprint density at radius 1 is 1.25 bits per heavy atom. The van der Waals surface area contributed by atoms with Crippen molar-refractivity contribution in [2.45, 2.75) is 24.9 Å². The van der Waals surface area contributed by atoms with Crippen molar-refractivity contribution in [3.05, 3.63) is 35.9 Å². The van der Waals surface area contributed by atoms with E-state index in [2.05, 4.69) is 36.7 Å². The van der Waals surface area contributed by atoms with Crippen molar-refractivity contribution in [1.82, 2.24) is 10.6 Å². The molecule has 0 saturated carbocycles. The first kappa shape index (κ1) is 13.1. The Morgan fingerprint density at radius 2 is 1.95 bits per heavy atom. The van der Waals surface area contributed by atoms with Gasteiger partial charge in [0.25, 0.3) is 5.91 Å². The van der Waals surface area contributed by atoms with Gasteiger partial charge < -0.3 is 10.2 Å². The Morgan fingerprint density at radius 3 is 2.55 bits per heavy atom. The number of quaternary nitrogens is 1. The SMILES string of the molecule is C[C@H]1[C@@H](c2ccccc2)[NH+](C)CC[C@@]12NC(=O)NC2=O. The van der Waals surface area contributed by atoms with Gasteiger partial charge in [-0.3, -0.25) is 10.1 Å². The molecule has 0 radical (unpaired) electrons. The molecule has 2 saturated heterocycles. The summed E-state index contributed by atoms with van der Waals surface area (Å²) in [6.45, 7) is 2.92. The fraction of sp³-hybridized carbons (Fsp3) is 0.467. The number of rotatable bonds is 1. The molecular weight excluding hydrogens is 254 g/mol. The molecule has 5 heteroatoms. The summed E-state index contributed by atoms with van der Waals surface area (Å²) in [4.78, 5) is 25.2. The average Bonchev–Trinajstić information content (AvgIpc) is 2.72. The summed E-state index contributed by atoms with van der Waals surface area (Å²) in [5, 5.41) is 5.27. The van der Waals surface area contributed by atoms with E-state index in [1.165, 1.54) is 10.5 Å². The zero-order chi connectivity index (χ0) is 14.3. The highest BCUT2D eigenvalue weighted by Gasteiger charge is 2.57. The second kappa shape index (κ2) is 4.59. The predicted octanol–water partition coefficient (Wildman–Crippen LogP) is -0.140. The third-order valence-corrected chi connectivity index (χ3v) is 4.85. The standard InChI is InChI=1S/C15H19N3O2/c1-10-12(11-6-4-3-5-7-11)18(2)9-8-15(10)13(19)16-14(20)17-15/h3-7,10,12H,8-9H2,1-2H3,(H2,16,17,19,20)/p+1/t10-,12-,15+/m0/s1. The molecule has 1 unspecified atom stereocenters. The van der Waals surface area contributed by atoms with Gasteiger partial charge in [-0.15, -0.1) is 0 Å². The lowest BCUT2D eigenvalue weighted by molar-refractivity contribution is -0.923. The van der Waals surface area contributed by atoms with Crippen molar-refractivity contribution in [2.75, 3.05) is 13.6 Å². The van der Waals surface area contributed by atoms with Crippen LogP contribution in [0.15, 0.2) is 30.3 Å². The largest absolute Gasteiger partial charge is 0.331 e. The van der Waals surface area contributed by atoms with Crippen LogP contribution in [0.25, 0.3) is 0 Å². The van der Waals surface area contributed by atoms with E-state index in [9.17, 15) is 9.59 Å². The fourth-order valence-corrected chi connectivity index (χ4v) is 3.72. The van der Waals surface area contributed by atoms with Crippen LogP contribution in [0.4, 0.5) is 4.79 Å². The Kier molecular flexibility index (Phi) is 3.01. The second-order valence-electron chi connectivity index (χ2n) is 5.90. The quantitative estimate of drug-likeness (QED) is 0.624. The van der Waals surface area contributed by atoms with E-state index in [0.29, 0.717) is 6.42 Å². The minimum absolute atomic E-state index is 0.0464. The van der Waals surface area contributed by atoms with Crippen LogP contribution in [0, 0.1) is 5.92 Å². The minimum atomic E-state index is -0.753. The van der Waals surface area contributed by atoms with E-state index in [-0.39, 0.29) is 23.9 Å². The first-order chi connectivity index (χ1) is 9.54. The highest BCUT2D eigenvalue weighted by Crippen LogP contribution is 2.35. The first-order valence-electron chi connectivity index (χ1n) is 7.05. The van der Waals surface area contributed by atoms with Crippen molar-refractivity contribution < 1.29 is 14.5 Å². The van der Waals surface area contributed by atoms with Crippen molar-refractivity contribution in [2.24, 2.45) is 5.92 Å². The van der Waals surface area contributed by atoms with Gasteiger partial charge in [-0.2, -0.15) is 0 Å². The summed E-state index contributed by atoms with van der Waals surface area (Å²) in [7, 11) is 2.15. The third-order valence-electron chi connectivity index (χ3n) is 4.85. The molecule has 106 valence electrons. The van der Waals surface area contributed by atoms with Crippen LogP contribution in [0.2, 0.25) is 0 Å². The maximum absolute atomic E-state index is 12.3. The predicted molar refractivity (Wildman–Crippen MR) is 74.1 cm³/mol. The van der Waals surface area contributed by atoms with Crippen molar-refractivity contribution in [3.8, 4) is 0 Å². The Labute approximate surface area is 118 Å². The monoisotopic (exact) mass is 274 g/mol. The number of hydrogen-bond donors (Lipinski definition) is 3. The summed E-state index contributed by atoms with van der Waals surface area (Å²) in [5.41, 5.74) is 0.461. The van der Waals surface area contributed by atoms with E-state index < -0.39 is 5.54 Å².